The number of piperazine rings is 1. The molecule has 3 rings (SSSR count). The number of carbonyl (C=O) groups excluding carboxylic acids is 1. The van der Waals surface area contributed by atoms with E-state index in [1.807, 2.05) is 23.1 Å². The first kappa shape index (κ1) is 22.3. The molecule has 1 aromatic heterocycles. The minimum absolute atomic E-state index is 0.0635. The Morgan fingerprint density at radius 3 is 2.43 bits per heavy atom. The number of carbonyl (C=O) groups is 1. The lowest BCUT2D eigenvalue weighted by molar-refractivity contribution is 0.168. The molecule has 0 spiro atoms. The fourth-order valence-corrected chi connectivity index (χ4v) is 3.99. The van der Waals surface area contributed by atoms with Crippen LogP contribution in [-0.2, 0) is 12.8 Å². The number of anilines is 1. The lowest BCUT2D eigenvalue weighted by Gasteiger charge is -2.37. The summed E-state index contributed by atoms with van der Waals surface area (Å²) in [6, 6.07) is 8.05. The Hall–Kier alpha value is -2.34. The van der Waals surface area contributed by atoms with Crippen LogP contribution in [0.1, 0.15) is 49.3 Å². The molecule has 2 heterocycles. The third-order valence-electron chi connectivity index (χ3n) is 5.44. The highest BCUT2D eigenvalue weighted by molar-refractivity contribution is 6.30. The lowest BCUT2D eigenvalue weighted by atomic mass is 10.0. The molecular weight excluding hydrogens is 398 g/mol. The monoisotopic (exact) mass is 429 g/mol. The Bertz CT molecular complexity index is 891. The van der Waals surface area contributed by atoms with Crippen molar-refractivity contribution in [2.45, 2.75) is 39.5 Å². The molecule has 1 aliphatic rings. The summed E-state index contributed by atoms with van der Waals surface area (Å²) >= 11 is 6.23. The highest BCUT2D eigenvalue weighted by Gasteiger charge is 2.26. The molecule has 2 amide bonds. The minimum atomic E-state index is 0.0635. The molecule has 0 saturated carbocycles. The average molecular weight is 430 g/mol. The second-order valence-electron chi connectivity index (χ2n) is 8.30. The van der Waals surface area contributed by atoms with Gasteiger partial charge in [-0.1, -0.05) is 44.5 Å². The SMILES string of the molecule is CCc1nc(C(C)C)nc(N2CCN(C(=O)N(C)C)CC2)c1Cc1cccc(Cl)c1. The van der Waals surface area contributed by atoms with Gasteiger partial charge >= 0.3 is 6.03 Å². The number of hydrogen-bond acceptors (Lipinski definition) is 4. The van der Waals surface area contributed by atoms with E-state index >= 15 is 0 Å². The maximum absolute atomic E-state index is 12.3. The molecule has 1 aromatic carbocycles. The van der Waals surface area contributed by atoms with Gasteiger partial charge in [-0.2, -0.15) is 0 Å². The van der Waals surface area contributed by atoms with Gasteiger partial charge in [0.1, 0.15) is 11.6 Å². The van der Waals surface area contributed by atoms with Crippen molar-refractivity contribution in [1.82, 2.24) is 19.8 Å². The largest absolute Gasteiger partial charge is 0.353 e. The molecule has 1 fully saturated rings. The van der Waals surface area contributed by atoms with Crippen LogP contribution in [0, 0.1) is 0 Å². The maximum atomic E-state index is 12.3. The minimum Gasteiger partial charge on any atom is -0.353 e. The number of rotatable bonds is 5. The summed E-state index contributed by atoms with van der Waals surface area (Å²) in [5, 5.41) is 0.739. The molecule has 0 aliphatic carbocycles. The molecule has 0 bridgehead atoms. The van der Waals surface area contributed by atoms with Gasteiger partial charge in [-0.15, -0.1) is 0 Å². The van der Waals surface area contributed by atoms with Crippen LogP contribution in [0.15, 0.2) is 24.3 Å². The van der Waals surface area contributed by atoms with Crippen molar-refractivity contribution >= 4 is 23.4 Å². The molecule has 0 atom stereocenters. The Kier molecular flexibility index (Phi) is 7.19. The highest BCUT2D eigenvalue weighted by atomic mass is 35.5. The van der Waals surface area contributed by atoms with Gasteiger partial charge in [-0.25, -0.2) is 14.8 Å². The highest BCUT2D eigenvalue weighted by Crippen LogP contribution is 2.28. The summed E-state index contributed by atoms with van der Waals surface area (Å²) in [5.41, 5.74) is 3.41. The number of amides is 2. The van der Waals surface area contributed by atoms with Gasteiger partial charge in [0, 0.05) is 68.9 Å². The number of urea groups is 1. The smallest absolute Gasteiger partial charge is 0.319 e. The summed E-state index contributed by atoms with van der Waals surface area (Å²) < 4.78 is 0. The molecule has 6 nitrogen and oxygen atoms in total. The second-order valence-corrected chi connectivity index (χ2v) is 8.73. The molecule has 162 valence electrons. The molecule has 0 N–H and O–H groups in total. The third-order valence-corrected chi connectivity index (χ3v) is 5.68. The van der Waals surface area contributed by atoms with Crippen LogP contribution in [0.25, 0.3) is 0 Å². The van der Waals surface area contributed by atoms with Crippen LogP contribution in [-0.4, -0.2) is 66.1 Å². The van der Waals surface area contributed by atoms with Gasteiger partial charge in [-0.05, 0) is 24.1 Å². The molecule has 7 heteroatoms. The van der Waals surface area contributed by atoms with E-state index in [1.54, 1.807) is 19.0 Å². The zero-order chi connectivity index (χ0) is 21.8. The first-order valence-corrected chi connectivity index (χ1v) is 11.0. The van der Waals surface area contributed by atoms with Crippen LogP contribution in [0.4, 0.5) is 10.6 Å². The quantitative estimate of drug-likeness (QED) is 0.714. The Balaban J connectivity index is 1.95. The van der Waals surface area contributed by atoms with Gasteiger partial charge in [0.25, 0.3) is 0 Å². The Labute approximate surface area is 184 Å². The van der Waals surface area contributed by atoms with E-state index in [0.29, 0.717) is 13.1 Å². The van der Waals surface area contributed by atoms with Crippen molar-refractivity contribution in [3.63, 3.8) is 0 Å². The predicted octanol–water partition coefficient (Wildman–Crippen LogP) is 4.21. The average Bonchev–Trinajstić information content (AvgIpc) is 2.73. The van der Waals surface area contributed by atoms with Crippen molar-refractivity contribution in [3.8, 4) is 0 Å². The normalized spacial score (nSPS) is 14.4. The first-order chi connectivity index (χ1) is 14.3. The van der Waals surface area contributed by atoms with Gasteiger partial charge in [0.15, 0.2) is 0 Å². The van der Waals surface area contributed by atoms with Crippen LogP contribution in [0.3, 0.4) is 0 Å². The van der Waals surface area contributed by atoms with E-state index in [2.05, 4.69) is 31.7 Å². The topological polar surface area (TPSA) is 52.6 Å². The fraction of sp³-hybridized carbons (Fsp3) is 0.522. The number of aryl methyl sites for hydroxylation is 1. The van der Waals surface area contributed by atoms with Crippen molar-refractivity contribution in [2.24, 2.45) is 0 Å². The number of halogens is 1. The van der Waals surface area contributed by atoms with E-state index in [4.69, 9.17) is 21.6 Å². The van der Waals surface area contributed by atoms with Gasteiger partial charge in [-0.3, -0.25) is 0 Å². The summed E-state index contributed by atoms with van der Waals surface area (Å²) in [4.78, 5) is 28.1. The predicted molar refractivity (Wildman–Crippen MR) is 123 cm³/mol. The third kappa shape index (κ3) is 5.04. The van der Waals surface area contributed by atoms with E-state index < -0.39 is 0 Å². The zero-order valence-corrected chi connectivity index (χ0v) is 19.4. The van der Waals surface area contributed by atoms with Crippen molar-refractivity contribution in [1.29, 1.82) is 0 Å². The number of benzene rings is 1. The number of nitrogens with zero attached hydrogens (tertiary/aromatic N) is 5. The summed E-state index contributed by atoms with van der Waals surface area (Å²) in [7, 11) is 3.59. The molecule has 30 heavy (non-hydrogen) atoms. The molecule has 0 unspecified atom stereocenters. The van der Waals surface area contributed by atoms with Crippen molar-refractivity contribution in [2.75, 3.05) is 45.2 Å². The summed E-state index contributed by atoms with van der Waals surface area (Å²) in [6.07, 6.45) is 1.60. The second kappa shape index (κ2) is 9.65. The van der Waals surface area contributed by atoms with E-state index in [-0.39, 0.29) is 11.9 Å². The zero-order valence-electron chi connectivity index (χ0n) is 18.7. The molecule has 2 aromatic rings. The lowest BCUT2D eigenvalue weighted by Crippen LogP contribution is -2.52. The van der Waals surface area contributed by atoms with E-state index in [1.165, 1.54) is 0 Å². The van der Waals surface area contributed by atoms with Gasteiger partial charge in [0.05, 0.1) is 0 Å². The molecular formula is C23H32ClN5O. The van der Waals surface area contributed by atoms with Crippen LogP contribution in [0.2, 0.25) is 5.02 Å². The molecule has 0 radical (unpaired) electrons. The van der Waals surface area contributed by atoms with Crippen molar-refractivity contribution in [3.05, 3.63) is 51.9 Å². The van der Waals surface area contributed by atoms with Crippen LogP contribution >= 0.6 is 11.6 Å². The Morgan fingerprint density at radius 2 is 1.87 bits per heavy atom. The van der Waals surface area contributed by atoms with Gasteiger partial charge < -0.3 is 14.7 Å². The first-order valence-electron chi connectivity index (χ1n) is 10.7. The number of aromatic nitrogens is 2. The summed E-state index contributed by atoms with van der Waals surface area (Å²) in [5.74, 6) is 2.14. The maximum Gasteiger partial charge on any atom is 0.319 e. The fourth-order valence-electron chi connectivity index (χ4n) is 3.77. The van der Waals surface area contributed by atoms with Gasteiger partial charge in [0.2, 0.25) is 0 Å². The van der Waals surface area contributed by atoms with Crippen molar-refractivity contribution < 1.29 is 4.79 Å². The van der Waals surface area contributed by atoms with Crippen LogP contribution < -0.4 is 4.90 Å². The van der Waals surface area contributed by atoms with Crippen LogP contribution in [0.5, 0.6) is 0 Å². The van der Waals surface area contributed by atoms with E-state index in [0.717, 1.165) is 59.4 Å². The Morgan fingerprint density at radius 1 is 1.17 bits per heavy atom. The molecule has 1 saturated heterocycles. The summed E-state index contributed by atoms with van der Waals surface area (Å²) in [6.45, 7) is 9.31. The number of hydrogen-bond donors (Lipinski definition) is 0. The standard InChI is InChI=1S/C23H32ClN5O/c1-6-20-19(15-17-8-7-9-18(24)14-17)22(26-21(25-20)16(2)3)28-10-12-29(13-11-28)23(30)27(4)5/h7-9,14,16H,6,10-13,15H2,1-5H3. The van der Waals surface area contributed by atoms with E-state index in [9.17, 15) is 4.79 Å². The molecule has 1 aliphatic heterocycles.